The summed E-state index contributed by atoms with van der Waals surface area (Å²) in [5.41, 5.74) is -0.799. The molecule has 0 bridgehead atoms. The maximum absolute atomic E-state index is 11.9. The molecule has 1 saturated heterocycles. The Morgan fingerprint density at radius 2 is 2.22 bits per heavy atom. The van der Waals surface area contributed by atoms with Crippen LogP contribution in [-0.4, -0.2) is 48.3 Å². The number of hydrogen-bond acceptors (Lipinski definition) is 2. The molecule has 18 heavy (non-hydrogen) atoms. The molecule has 6 heteroatoms. The first-order chi connectivity index (χ1) is 8.55. The number of aliphatic carboxylic acids is 1. The number of alkyl halides is 1. The molecule has 1 aliphatic rings. The molecule has 1 unspecified atom stereocenters. The highest BCUT2D eigenvalue weighted by atomic mass is 19.1. The Bertz CT molecular complexity index is 312. The van der Waals surface area contributed by atoms with Gasteiger partial charge in [0.1, 0.15) is 0 Å². The van der Waals surface area contributed by atoms with Gasteiger partial charge in [-0.3, -0.25) is 9.18 Å². The fourth-order valence-electron chi connectivity index (χ4n) is 2.38. The monoisotopic (exact) mass is 260 g/mol. The second-order valence-corrected chi connectivity index (χ2v) is 4.78. The largest absolute Gasteiger partial charge is 0.481 e. The van der Waals surface area contributed by atoms with Crippen molar-refractivity contribution in [2.45, 2.75) is 32.6 Å². The first kappa shape index (κ1) is 14.7. The third-order valence-electron chi connectivity index (χ3n) is 3.41. The minimum Gasteiger partial charge on any atom is -0.481 e. The number of carboxylic acids is 1. The van der Waals surface area contributed by atoms with E-state index in [0.717, 1.165) is 6.42 Å². The van der Waals surface area contributed by atoms with Crippen LogP contribution < -0.4 is 5.32 Å². The maximum atomic E-state index is 11.9. The lowest BCUT2D eigenvalue weighted by Crippen LogP contribution is -2.42. The molecule has 5 nitrogen and oxygen atoms in total. The lowest BCUT2D eigenvalue weighted by atomic mass is 9.83. The molecule has 0 saturated carbocycles. The van der Waals surface area contributed by atoms with Crippen LogP contribution in [0, 0.1) is 5.41 Å². The van der Waals surface area contributed by atoms with Crippen LogP contribution in [0.15, 0.2) is 0 Å². The van der Waals surface area contributed by atoms with Crippen LogP contribution in [0.2, 0.25) is 0 Å². The van der Waals surface area contributed by atoms with Gasteiger partial charge in [0.25, 0.3) is 0 Å². The van der Waals surface area contributed by atoms with Crippen LogP contribution in [0.5, 0.6) is 0 Å². The van der Waals surface area contributed by atoms with Crippen LogP contribution in [0.4, 0.5) is 9.18 Å². The summed E-state index contributed by atoms with van der Waals surface area (Å²) in [7, 11) is 0. The third-order valence-corrected chi connectivity index (χ3v) is 3.41. The highest BCUT2D eigenvalue weighted by Crippen LogP contribution is 2.35. The van der Waals surface area contributed by atoms with Gasteiger partial charge in [0.05, 0.1) is 12.1 Å². The average molecular weight is 260 g/mol. The highest BCUT2D eigenvalue weighted by molar-refractivity contribution is 5.79. The Balaban J connectivity index is 2.52. The number of amides is 2. The van der Waals surface area contributed by atoms with Crippen molar-refractivity contribution in [3.05, 3.63) is 0 Å². The van der Waals surface area contributed by atoms with E-state index in [1.165, 1.54) is 4.90 Å². The van der Waals surface area contributed by atoms with Gasteiger partial charge < -0.3 is 15.3 Å². The van der Waals surface area contributed by atoms with E-state index in [4.69, 9.17) is 0 Å². The minimum absolute atomic E-state index is 0.248. The molecule has 0 radical (unpaired) electrons. The standard InChI is InChI=1S/C12H21FN2O3/c1-2-4-12(10(16)17)5-8-15(9-12)11(18)14-7-3-6-13/h2-9H2,1H3,(H,14,18)(H,16,17). The van der Waals surface area contributed by atoms with E-state index in [-0.39, 0.29) is 12.6 Å². The van der Waals surface area contributed by atoms with Crippen molar-refractivity contribution in [1.82, 2.24) is 10.2 Å². The summed E-state index contributed by atoms with van der Waals surface area (Å²) in [5, 5.41) is 11.9. The molecule has 0 aromatic heterocycles. The molecule has 1 fully saturated rings. The maximum Gasteiger partial charge on any atom is 0.317 e. The lowest BCUT2D eigenvalue weighted by molar-refractivity contribution is -0.148. The van der Waals surface area contributed by atoms with E-state index in [2.05, 4.69) is 5.32 Å². The summed E-state index contributed by atoms with van der Waals surface area (Å²) in [6, 6.07) is -0.289. The number of urea groups is 1. The van der Waals surface area contributed by atoms with Crippen molar-refractivity contribution in [2.24, 2.45) is 5.41 Å². The highest BCUT2D eigenvalue weighted by Gasteiger charge is 2.45. The van der Waals surface area contributed by atoms with Gasteiger partial charge in [-0.25, -0.2) is 4.79 Å². The Kier molecular flexibility index (Phi) is 5.37. The molecule has 0 aliphatic carbocycles. The summed E-state index contributed by atoms with van der Waals surface area (Å²) < 4.78 is 11.9. The Labute approximate surface area is 106 Å². The summed E-state index contributed by atoms with van der Waals surface area (Å²) in [4.78, 5) is 24.6. The number of hydrogen-bond donors (Lipinski definition) is 2. The number of nitrogens with zero attached hydrogens (tertiary/aromatic N) is 1. The molecule has 104 valence electrons. The van der Waals surface area contributed by atoms with Crippen molar-refractivity contribution < 1.29 is 19.1 Å². The number of likely N-dealkylation sites (tertiary alicyclic amines) is 1. The van der Waals surface area contributed by atoms with Crippen molar-refractivity contribution in [3.63, 3.8) is 0 Å². The first-order valence-corrected chi connectivity index (χ1v) is 6.38. The van der Waals surface area contributed by atoms with Gasteiger partial charge in [0, 0.05) is 19.6 Å². The SMILES string of the molecule is CCCC1(C(=O)O)CCN(C(=O)NCCCF)C1. The van der Waals surface area contributed by atoms with Gasteiger partial charge in [-0.2, -0.15) is 0 Å². The van der Waals surface area contributed by atoms with Gasteiger partial charge in [-0.15, -0.1) is 0 Å². The molecule has 0 aromatic carbocycles. The summed E-state index contributed by atoms with van der Waals surface area (Å²) in [5.74, 6) is -0.830. The zero-order chi connectivity index (χ0) is 13.6. The molecule has 0 aromatic rings. The lowest BCUT2D eigenvalue weighted by Gasteiger charge is -2.24. The van der Waals surface area contributed by atoms with E-state index < -0.39 is 18.1 Å². The Hall–Kier alpha value is -1.33. The van der Waals surface area contributed by atoms with Crippen LogP contribution in [0.25, 0.3) is 0 Å². The van der Waals surface area contributed by atoms with E-state index in [1.54, 1.807) is 0 Å². The molecule has 2 amide bonds. The second kappa shape index (κ2) is 6.56. The molecule has 1 atom stereocenters. The molecular formula is C12H21FN2O3. The van der Waals surface area contributed by atoms with E-state index in [1.807, 2.05) is 6.92 Å². The van der Waals surface area contributed by atoms with Crippen molar-refractivity contribution in [1.29, 1.82) is 0 Å². The molecule has 1 rings (SSSR count). The topological polar surface area (TPSA) is 69.6 Å². The zero-order valence-corrected chi connectivity index (χ0v) is 10.7. The fraction of sp³-hybridized carbons (Fsp3) is 0.833. The minimum atomic E-state index is -0.830. The molecule has 1 aliphatic heterocycles. The van der Waals surface area contributed by atoms with E-state index >= 15 is 0 Å². The smallest absolute Gasteiger partial charge is 0.317 e. The summed E-state index contributed by atoms with van der Waals surface area (Å²) in [6.45, 7) is 2.47. The molecule has 2 N–H and O–H groups in total. The number of rotatable bonds is 6. The third kappa shape index (κ3) is 3.34. The number of halogens is 1. The van der Waals surface area contributed by atoms with Crippen molar-refractivity contribution >= 4 is 12.0 Å². The van der Waals surface area contributed by atoms with Crippen LogP contribution in [0.1, 0.15) is 32.6 Å². The van der Waals surface area contributed by atoms with Crippen LogP contribution >= 0.6 is 0 Å². The van der Waals surface area contributed by atoms with Crippen LogP contribution in [-0.2, 0) is 4.79 Å². The van der Waals surface area contributed by atoms with Gasteiger partial charge in [0.2, 0.25) is 0 Å². The van der Waals surface area contributed by atoms with Gasteiger partial charge in [-0.1, -0.05) is 13.3 Å². The van der Waals surface area contributed by atoms with Gasteiger partial charge >= 0.3 is 12.0 Å². The molecular weight excluding hydrogens is 239 g/mol. The first-order valence-electron chi connectivity index (χ1n) is 6.38. The van der Waals surface area contributed by atoms with E-state index in [9.17, 15) is 19.1 Å². The molecule has 1 heterocycles. The van der Waals surface area contributed by atoms with Gasteiger partial charge in [0.15, 0.2) is 0 Å². The van der Waals surface area contributed by atoms with Crippen molar-refractivity contribution in [3.8, 4) is 0 Å². The second-order valence-electron chi connectivity index (χ2n) is 4.78. The average Bonchev–Trinajstić information content (AvgIpc) is 2.75. The number of nitrogens with one attached hydrogen (secondary N) is 1. The summed E-state index contributed by atoms with van der Waals surface area (Å²) in [6.07, 6.45) is 2.14. The zero-order valence-electron chi connectivity index (χ0n) is 10.7. The van der Waals surface area contributed by atoms with Crippen LogP contribution in [0.3, 0.4) is 0 Å². The number of carboxylic acid groups (broad SMARTS) is 1. The normalized spacial score (nSPS) is 23.1. The Morgan fingerprint density at radius 3 is 2.78 bits per heavy atom. The van der Waals surface area contributed by atoms with Gasteiger partial charge in [-0.05, 0) is 19.3 Å². The number of carbonyl (C=O) groups excluding carboxylic acids is 1. The predicted molar refractivity (Wildman–Crippen MR) is 65.2 cm³/mol. The quantitative estimate of drug-likeness (QED) is 0.713. The summed E-state index contributed by atoms with van der Waals surface area (Å²) >= 11 is 0. The van der Waals surface area contributed by atoms with E-state index in [0.29, 0.717) is 32.4 Å². The fourth-order valence-corrected chi connectivity index (χ4v) is 2.38. The number of carbonyl (C=O) groups is 2. The predicted octanol–water partition coefficient (Wildman–Crippen LogP) is 1.63. The Morgan fingerprint density at radius 1 is 1.50 bits per heavy atom. The molecule has 0 spiro atoms. The van der Waals surface area contributed by atoms with Crippen molar-refractivity contribution in [2.75, 3.05) is 26.3 Å².